The predicted octanol–water partition coefficient (Wildman–Crippen LogP) is 2.74. The maximum absolute atomic E-state index is 12.8. The van der Waals surface area contributed by atoms with Crippen molar-refractivity contribution in [3.63, 3.8) is 0 Å². The number of hydrogen-bond donors (Lipinski definition) is 0. The largest absolute Gasteiger partial charge is 0.305 e. The molecule has 1 heterocycles. The van der Waals surface area contributed by atoms with E-state index in [-0.39, 0.29) is 5.91 Å². The zero-order chi connectivity index (χ0) is 16.0. The first-order chi connectivity index (χ1) is 9.55. The van der Waals surface area contributed by atoms with Crippen LogP contribution in [0.3, 0.4) is 0 Å². The van der Waals surface area contributed by atoms with Crippen LogP contribution in [0.1, 0.15) is 45.6 Å². The number of sulfone groups is 1. The Hall–Kier alpha value is -1.36. The van der Waals surface area contributed by atoms with Crippen molar-refractivity contribution in [1.82, 2.24) is 0 Å². The van der Waals surface area contributed by atoms with E-state index in [9.17, 15) is 13.2 Å². The molecule has 0 N–H and O–H groups in total. The van der Waals surface area contributed by atoms with Gasteiger partial charge in [0.2, 0.25) is 5.91 Å². The smallest absolute Gasteiger partial charge is 0.245 e. The van der Waals surface area contributed by atoms with E-state index < -0.39 is 20.6 Å². The molecule has 1 aliphatic heterocycles. The normalized spacial score (nSPS) is 22.5. The minimum absolute atomic E-state index is 0.341. The SMILES string of the molecule is C[C@@H]1CC(C)(C)N(C(=O)[C@@H](C)S(C)(=O)=O)c2ccccc21. The van der Waals surface area contributed by atoms with Gasteiger partial charge < -0.3 is 4.90 Å². The Morgan fingerprint density at radius 1 is 1.33 bits per heavy atom. The van der Waals surface area contributed by atoms with Crippen LogP contribution in [0.5, 0.6) is 0 Å². The fraction of sp³-hybridized carbons (Fsp3) is 0.562. The van der Waals surface area contributed by atoms with Gasteiger partial charge in [0, 0.05) is 17.5 Å². The second kappa shape index (κ2) is 5.13. The fourth-order valence-electron chi connectivity index (χ4n) is 3.17. The van der Waals surface area contributed by atoms with Gasteiger partial charge >= 0.3 is 0 Å². The summed E-state index contributed by atoms with van der Waals surface area (Å²) in [5.74, 6) is -0.00404. The molecule has 116 valence electrons. The third-order valence-electron chi connectivity index (χ3n) is 4.33. The lowest BCUT2D eigenvalue weighted by molar-refractivity contribution is -0.119. The highest BCUT2D eigenvalue weighted by Gasteiger charge is 2.42. The number of anilines is 1. The Morgan fingerprint density at radius 2 is 1.90 bits per heavy atom. The van der Waals surface area contributed by atoms with Crippen LogP contribution in [0.4, 0.5) is 5.69 Å². The lowest BCUT2D eigenvalue weighted by atomic mass is 9.80. The van der Waals surface area contributed by atoms with Gasteiger partial charge in [-0.2, -0.15) is 0 Å². The molecule has 1 aromatic rings. The van der Waals surface area contributed by atoms with Gasteiger partial charge in [0.1, 0.15) is 5.25 Å². The van der Waals surface area contributed by atoms with Gasteiger partial charge in [-0.15, -0.1) is 0 Å². The van der Waals surface area contributed by atoms with Crippen molar-refractivity contribution >= 4 is 21.4 Å². The summed E-state index contributed by atoms with van der Waals surface area (Å²) in [6.07, 6.45) is 1.92. The van der Waals surface area contributed by atoms with E-state index in [2.05, 4.69) is 6.92 Å². The monoisotopic (exact) mass is 309 g/mol. The Balaban J connectivity index is 2.55. The Morgan fingerprint density at radius 3 is 2.48 bits per heavy atom. The number of carbonyl (C=O) groups excluding carboxylic acids is 1. The van der Waals surface area contributed by atoms with Crippen molar-refractivity contribution in [3.8, 4) is 0 Å². The average Bonchev–Trinajstić information content (AvgIpc) is 2.35. The van der Waals surface area contributed by atoms with Gasteiger partial charge in [-0.3, -0.25) is 4.79 Å². The van der Waals surface area contributed by atoms with Crippen molar-refractivity contribution in [3.05, 3.63) is 29.8 Å². The van der Waals surface area contributed by atoms with Crippen LogP contribution in [0, 0.1) is 0 Å². The molecule has 0 aromatic heterocycles. The van der Waals surface area contributed by atoms with Crippen molar-refractivity contribution < 1.29 is 13.2 Å². The first-order valence-corrected chi connectivity index (χ1v) is 9.13. The van der Waals surface area contributed by atoms with Gasteiger partial charge in [-0.25, -0.2) is 8.42 Å². The van der Waals surface area contributed by atoms with E-state index in [0.29, 0.717) is 5.92 Å². The number of rotatable bonds is 2. The van der Waals surface area contributed by atoms with Crippen LogP contribution in [0.15, 0.2) is 24.3 Å². The van der Waals surface area contributed by atoms with Crippen molar-refractivity contribution in [2.24, 2.45) is 0 Å². The summed E-state index contributed by atoms with van der Waals surface area (Å²) in [6, 6.07) is 7.76. The van der Waals surface area contributed by atoms with Crippen LogP contribution in [-0.2, 0) is 14.6 Å². The predicted molar refractivity (Wildman–Crippen MR) is 85.3 cm³/mol. The number of para-hydroxylation sites is 1. The minimum atomic E-state index is -3.41. The molecule has 1 aromatic carbocycles. The quantitative estimate of drug-likeness (QED) is 0.844. The molecule has 2 rings (SSSR count). The van der Waals surface area contributed by atoms with E-state index in [1.165, 1.54) is 6.92 Å². The maximum atomic E-state index is 12.8. The number of hydrogen-bond acceptors (Lipinski definition) is 3. The molecular weight excluding hydrogens is 286 g/mol. The summed E-state index contributed by atoms with van der Waals surface area (Å²) in [5.41, 5.74) is 1.54. The first kappa shape index (κ1) is 16.0. The van der Waals surface area contributed by atoms with Crippen LogP contribution in [0.25, 0.3) is 0 Å². The third-order valence-corrected chi connectivity index (χ3v) is 5.82. The standard InChI is InChI=1S/C16H23NO3S/c1-11-10-16(3,4)17(14-9-7-6-8-13(11)14)15(18)12(2)21(5,19)20/h6-9,11-12H,10H2,1-5H3/t11-,12-/m1/s1. The Kier molecular flexibility index (Phi) is 3.91. The molecule has 0 spiro atoms. The number of nitrogens with zero attached hydrogens (tertiary/aromatic N) is 1. The highest BCUT2D eigenvalue weighted by molar-refractivity contribution is 7.92. The second-order valence-electron chi connectivity index (χ2n) is 6.62. The van der Waals surface area contributed by atoms with Crippen molar-refractivity contribution in [2.75, 3.05) is 11.2 Å². The number of benzene rings is 1. The second-order valence-corrected chi connectivity index (χ2v) is 8.99. The molecule has 0 saturated carbocycles. The van der Waals surface area contributed by atoms with E-state index in [1.54, 1.807) is 4.90 Å². The van der Waals surface area contributed by atoms with Gasteiger partial charge in [-0.05, 0) is 44.7 Å². The van der Waals surface area contributed by atoms with Crippen LogP contribution in [-0.4, -0.2) is 31.4 Å². The van der Waals surface area contributed by atoms with Crippen molar-refractivity contribution in [2.45, 2.75) is 50.8 Å². The molecule has 4 nitrogen and oxygen atoms in total. The Labute approximate surface area is 127 Å². The molecule has 1 aliphatic rings. The van der Waals surface area contributed by atoms with Crippen molar-refractivity contribution in [1.29, 1.82) is 0 Å². The highest BCUT2D eigenvalue weighted by atomic mass is 32.2. The lowest BCUT2D eigenvalue weighted by Gasteiger charge is -2.46. The zero-order valence-electron chi connectivity index (χ0n) is 13.3. The molecule has 1 amide bonds. The number of amides is 1. The summed E-state index contributed by atoms with van der Waals surface area (Å²) in [5, 5.41) is -1.03. The van der Waals surface area contributed by atoms with E-state index in [0.717, 1.165) is 23.9 Å². The number of fused-ring (bicyclic) bond motifs is 1. The molecule has 0 bridgehead atoms. The van der Waals surface area contributed by atoms with E-state index in [1.807, 2.05) is 38.1 Å². The maximum Gasteiger partial charge on any atom is 0.245 e. The van der Waals surface area contributed by atoms with Crippen LogP contribution >= 0.6 is 0 Å². The molecule has 5 heteroatoms. The van der Waals surface area contributed by atoms with Gasteiger partial charge in [-0.1, -0.05) is 25.1 Å². The summed E-state index contributed by atoms with van der Waals surface area (Å²) in [4.78, 5) is 14.5. The summed E-state index contributed by atoms with van der Waals surface area (Å²) >= 11 is 0. The minimum Gasteiger partial charge on any atom is -0.305 e. The summed E-state index contributed by atoms with van der Waals surface area (Å²) < 4.78 is 23.5. The molecule has 0 saturated heterocycles. The first-order valence-electron chi connectivity index (χ1n) is 7.17. The fourth-order valence-corrected chi connectivity index (χ4v) is 3.64. The average molecular weight is 309 g/mol. The molecule has 0 fully saturated rings. The molecular formula is C16H23NO3S. The molecule has 0 aliphatic carbocycles. The third kappa shape index (κ3) is 2.84. The van der Waals surface area contributed by atoms with Gasteiger partial charge in [0.25, 0.3) is 0 Å². The van der Waals surface area contributed by atoms with Gasteiger partial charge in [0.05, 0.1) is 0 Å². The van der Waals surface area contributed by atoms with Gasteiger partial charge in [0.15, 0.2) is 9.84 Å². The number of carbonyl (C=O) groups is 1. The van der Waals surface area contributed by atoms with E-state index in [4.69, 9.17) is 0 Å². The Bertz CT molecular complexity index is 664. The molecule has 21 heavy (non-hydrogen) atoms. The molecule has 0 radical (unpaired) electrons. The topological polar surface area (TPSA) is 54.5 Å². The zero-order valence-corrected chi connectivity index (χ0v) is 14.1. The van der Waals surface area contributed by atoms with E-state index >= 15 is 0 Å². The summed E-state index contributed by atoms with van der Waals surface area (Å²) in [6.45, 7) is 7.59. The van der Waals surface area contributed by atoms with Crippen LogP contribution < -0.4 is 4.90 Å². The molecule has 0 unspecified atom stereocenters. The van der Waals surface area contributed by atoms with Crippen LogP contribution in [0.2, 0.25) is 0 Å². The lowest BCUT2D eigenvalue weighted by Crippen LogP contribution is -2.55. The highest BCUT2D eigenvalue weighted by Crippen LogP contribution is 2.43. The molecule has 2 atom stereocenters. The summed E-state index contributed by atoms with van der Waals surface area (Å²) in [7, 11) is -3.41.